The average molecular weight is 351 g/mol. The Morgan fingerprint density at radius 2 is 1.77 bits per heavy atom. The zero-order valence-corrected chi connectivity index (χ0v) is 15.3. The van der Waals surface area contributed by atoms with E-state index in [2.05, 4.69) is 55.9 Å². The van der Waals surface area contributed by atoms with Crippen LogP contribution in [0.15, 0.2) is 23.1 Å². The quantitative estimate of drug-likeness (QED) is 0.584. The van der Waals surface area contributed by atoms with E-state index in [0.717, 1.165) is 16.9 Å². The highest BCUT2D eigenvalue weighted by Crippen LogP contribution is 2.18. The van der Waals surface area contributed by atoms with Gasteiger partial charge in [-0.2, -0.15) is 5.10 Å². The number of fused-ring (bicyclic) bond motifs is 2. The molecule has 3 aromatic heterocycles. The second-order valence-electron chi connectivity index (χ2n) is 6.83. The Hall–Kier alpha value is -3.00. The predicted molar refractivity (Wildman–Crippen MR) is 99.9 cm³/mol. The maximum atomic E-state index is 12.1. The van der Waals surface area contributed by atoms with Crippen molar-refractivity contribution in [1.82, 2.24) is 34.6 Å². The molecule has 0 aliphatic carbocycles. The highest BCUT2D eigenvalue weighted by Gasteiger charge is 2.12. The SMILES string of the molecule is Cc1cc2nc(CN(C)Cc3nc4c(cnn4C)c(=O)[nH]3)[nH]c2cc1C. The van der Waals surface area contributed by atoms with Crippen LogP contribution in [0.5, 0.6) is 0 Å². The zero-order valence-electron chi connectivity index (χ0n) is 15.3. The Balaban J connectivity index is 1.56. The number of aryl methyl sites for hydroxylation is 3. The minimum atomic E-state index is -0.166. The summed E-state index contributed by atoms with van der Waals surface area (Å²) in [7, 11) is 3.75. The second kappa shape index (κ2) is 6.06. The molecule has 0 saturated carbocycles. The molecule has 0 bridgehead atoms. The molecule has 0 aliphatic rings. The van der Waals surface area contributed by atoms with Crippen LogP contribution in [-0.4, -0.2) is 41.7 Å². The van der Waals surface area contributed by atoms with Crippen molar-refractivity contribution in [2.24, 2.45) is 7.05 Å². The summed E-state index contributed by atoms with van der Waals surface area (Å²) in [4.78, 5) is 29.6. The van der Waals surface area contributed by atoms with Gasteiger partial charge in [0.05, 0.1) is 30.3 Å². The van der Waals surface area contributed by atoms with E-state index in [1.165, 1.54) is 17.3 Å². The molecular formula is C18H21N7O. The number of nitrogens with one attached hydrogen (secondary N) is 2. The third kappa shape index (κ3) is 2.88. The van der Waals surface area contributed by atoms with Crippen LogP contribution in [0.2, 0.25) is 0 Å². The highest BCUT2D eigenvalue weighted by molar-refractivity contribution is 5.77. The topological polar surface area (TPSA) is 95.5 Å². The van der Waals surface area contributed by atoms with Crippen molar-refractivity contribution in [3.8, 4) is 0 Å². The van der Waals surface area contributed by atoms with Crippen LogP contribution in [0, 0.1) is 13.8 Å². The Bertz CT molecular complexity index is 1130. The molecule has 4 rings (SSSR count). The lowest BCUT2D eigenvalue weighted by molar-refractivity contribution is 0.304. The Labute approximate surface area is 149 Å². The van der Waals surface area contributed by atoms with Crippen molar-refractivity contribution >= 4 is 22.1 Å². The monoisotopic (exact) mass is 351 g/mol. The van der Waals surface area contributed by atoms with Gasteiger partial charge in [-0.25, -0.2) is 9.97 Å². The van der Waals surface area contributed by atoms with Crippen molar-refractivity contribution < 1.29 is 0 Å². The number of hydrogen-bond acceptors (Lipinski definition) is 5. The van der Waals surface area contributed by atoms with Gasteiger partial charge in [0.25, 0.3) is 5.56 Å². The fourth-order valence-electron chi connectivity index (χ4n) is 3.12. The average Bonchev–Trinajstić information content (AvgIpc) is 3.11. The summed E-state index contributed by atoms with van der Waals surface area (Å²) >= 11 is 0. The van der Waals surface area contributed by atoms with Gasteiger partial charge in [-0.15, -0.1) is 0 Å². The number of aromatic amines is 2. The smallest absolute Gasteiger partial charge is 0.262 e. The van der Waals surface area contributed by atoms with Gasteiger partial charge in [0, 0.05) is 7.05 Å². The molecule has 0 fully saturated rings. The molecule has 0 amide bonds. The normalized spacial score (nSPS) is 11.9. The second-order valence-corrected chi connectivity index (χ2v) is 6.83. The molecule has 3 heterocycles. The number of aromatic nitrogens is 6. The van der Waals surface area contributed by atoms with Crippen LogP contribution in [0.3, 0.4) is 0 Å². The van der Waals surface area contributed by atoms with E-state index in [0.29, 0.717) is 29.9 Å². The van der Waals surface area contributed by atoms with Gasteiger partial charge in [0.15, 0.2) is 5.65 Å². The van der Waals surface area contributed by atoms with E-state index in [9.17, 15) is 4.79 Å². The molecule has 0 atom stereocenters. The molecule has 1 aromatic carbocycles. The molecule has 8 nitrogen and oxygen atoms in total. The van der Waals surface area contributed by atoms with E-state index < -0.39 is 0 Å². The van der Waals surface area contributed by atoms with Gasteiger partial charge >= 0.3 is 0 Å². The highest BCUT2D eigenvalue weighted by atomic mass is 16.1. The Morgan fingerprint density at radius 1 is 1.08 bits per heavy atom. The number of imidazole rings is 1. The van der Waals surface area contributed by atoms with E-state index in [1.807, 2.05) is 7.05 Å². The molecule has 2 N–H and O–H groups in total. The van der Waals surface area contributed by atoms with Crippen LogP contribution in [0.1, 0.15) is 22.8 Å². The van der Waals surface area contributed by atoms with Gasteiger partial charge in [-0.1, -0.05) is 0 Å². The molecular weight excluding hydrogens is 330 g/mol. The van der Waals surface area contributed by atoms with Crippen molar-refractivity contribution in [2.75, 3.05) is 7.05 Å². The minimum absolute atomic E-state index is 0.166. The minimum Gasteiger partial charge on any atom is -0.341 e. The summed E-state index contributed by atoms with van der Waals surface area (Å²) in [6.07, 6.45) is 1.53. The summed E-state index contributed by atoms with van der Waals surface area (Å²) in [5, 5.41) is 4.59. The Morgan fingerprint density at radius 3 is 2.54 bits per heavy atom. The molecule has 4 aromatic rings. The van der Waals surface area contributed by atoms with Crippen molar-refractivity contribution in [3.63, 3.8) is 0 Å². The summed E-state index contributed by atoms with van der Waals surface area (Å²) in [5.74, 6) is 1.49. The van der Waals surface area contributed by atoms with Crippen molar-refractivity contribution in [1.29, 1.82) is 0 Å². The van der Waals surface area contributed by atoms with Gasteiger partial charge < -0.3 is 9.97 Å². The number of hydrogen-bond donors (Lipinski definition) is 2. The van der Waals surface area contributed by atoms with Crippen molar-refractivity contribution in [3.05, 3.63) is 51.5 Å². The maximum Gasteiger partial charge on any atom is 0.262 e. The van der Waals surface area contributed by atoms with Crippen molar-refractivity contribution in [2.45, 2.75) is 26.9 Å². The van der Waals surface area contributed by atoms with Crippen LogP contribution >= 0.6 is 0 Å². The maximum absolute atomic E-state index is 12.1. The summed E-state index contributed by atoms with van der Waals surface area (Å²) in [5.41, 5.74) is 4.91. The lowest BCUT2D eigenvalue weighted by atomic mass is 10.1. The standard InChI is InChI=1S/C18H21N7O/c1-10-5-13-14(6-11(10)2)21-15(20-13)8-24(3)9-16-22-17-12(18(26)23-16)7-19-25(17)4/h5-7H,8-9H2,1-4H3,(H,20,21)(H,22,23,26). The Kier molecular flexibility index (Phi) is 3.84. The molecule has 0 saturated heterocycles. The number of benzene rings is 1. The van der Waals surface area contributed by atoms with Gasteiger partial charge in [0.2, 0.25) is 0 Å². The molecule has 0 spiro atoms. The fourth-order valence-corrected chi connectivity index (χ4v) is 3.12. The first kappa shape index (κ1) is 16.5. The van der Waals surface area contributed by atoms with Gasteiger partial charge in [0.1, 0.15) is 17.0 Å². The summed E-state index contributed by atoms with van der Waals surface area (Å²) in [6.45, 7) is 5.31. The van der Waals surface area contributed by atoms with E-state index in [-0.39, 0.29) is 5.56 Å². The van der Waals surface area contributed by atoms with Gasteiger partial charge in [-0.05, 0) is 44.2 Å². The van der Waals surface area contributed by atoms with E-state index in [1.54, 1.807) is 11.7 Å². The fraction of sp³-hybridized carbons (Fsp3) is 0.333. The van der Waals surface area contributed by atoms with Crippen LogP contribution < -0.4 is 5.56 Å². The lowest BCUT2D eigenvalue weighted by Crippen LogP contribution is -2.22. The third-order valence-corrected chi connectivity index (χ3v) is 4.64. The first-order valence-electron chi connectivity index (χ1n) is 8.46. The number of nitrogens with zero attached hydrogens (tertiary/aromatic N) is 5. The molecule has 0 aliphatic heterocycles. The number of H-pyrrole nitrogens is 2. The first-order valence-corrected chi connectivity index (χ1v) is 8.46. The molecule has 26 heavy (non-hydrogen) atoms. The third-order valence-electron chi connectivity index (χ3n) is 4.64. The van der Waals surface area contributed by atoms with Gasteiger partial charge in [-0.3, -0.25) is 14.4 Å². The number of rotatable bonds is 4. The molecule has 0 unspecified atom stereocenters. The first-order chi connectivity index (χ1) is 12.4. The van der Waals surface area contributed by atoms with Crippen LogP contribution in [-0.2, 0) is 20.1 Å². The largest absolute Gasteiger partial charge is 0.341 e. The molecule has 134 valence electrons. The van der Waals surface area contributed by atoms with E-state index in [4.69, 9.17) is 0 Å². The summed E-state index contributed by atoms with van der Waals surface area (Å²) < 4.78 is 1.61. The lowest BCUT2D eigenvalue weighted by Gasteiger charge is -2.14. The zero-order chi connectivity index (χ0) is 18.4. The summed E-state index contributed by atoms with van der Waals surface area (Å²) in [6, 6.07) is 4.22. The molecule has 8 heteroatoms. The van der Waals surface area contributed by atoms with Crippen LogP contribution in [0.25, 0.3) is 22.1 Å². The predicted octanol–water partition coefficient (Wildman–Crippen LogP) is 1.78. The van der Waals surface area contributed by atoms with E-state index >= 15 is 0 Å². The molecule has 0 radical (unpaired) electrons. The van der Waals surface area contributed by atoms with Crippen LogP contribution in [0.4, 0.5) is 0 Å².